The summed E-state index contributed by atoms with van der Waals surface area (Å²) in [6, 6.07) is 0. The van der Waals surface area contributed by atoms with Crippen LogP contribution in [0.25, 0.3) is 0 Å². The SMILES string of the molecule is Cn1cc(CN2CCC[C@@](C)(F)C2)cn1. The fraction of sp³-hybridized carbons (Fsp3) is 0.727. The molecule has 1 atom stereocenters. The molecular weight excluding hydrogens is 193 g/mol. The van der Waals surface area contributed by atoms with Gasteiger partial charge >= 0.3 is 0 Å². The summed E-state index contributed by atoms with van der Waals surface area (Å²) < 4.78 is 15.6. The van der Waals surface area contributed by atoms with Crippen molar-refractivity contribution in [3.63, 3.8) is 0 Å². The van der Waals surface area contributed by atoms with E-state index in [0.29, 0.717) is 13.0 Å². The van der Waals surface area contributed by atoms with E-state index in [1.165, 1.54) is 0 Å². The van der Waals surface area contributed by atoms with E-state index in [0.717, 1.165) is 25.1 Å². The van der Waals surface area contributed by atoms with Crippen LogP contribution in [-0.2, 0) is 13.6 Å². The van der Waals surface area contributed by atoms with E-state index in [9.17, 15) is 4.39 Å². The van der Waals surface area contributed by atoms with Crippen LogP contribution in [0.1, 0.15) is 25.3 Å². The van der Waals surface area contributed by atoms with Crippen LogP contribution in [0.4, 0.5) is 4.39 Å². The maximum Gasteiger partial charge on any atom is 0.120 e. The third-order valence-corrected chi connectivity index (χ3v) is 2.89. The highest BCUT2D eigenvalue weighted by molar-refractivity contribution is 5.04. The van der Waals surface area contributed by atoms with Crippen LogP contribution >= 0.6 is 0 Å². The van der Waals surface area contributed by atoms with Gasteiger partial charge in [-0.2, -0.15) is 5.10 Å². The molecule has 0 aliphatic carbocycles. The number of halogens is 1. The maximum atomic E-state index is 13.8. The minimum absolute atomic E-state index is 0.544. The normalized spacial score (nSPS) is 28.2. The van der Waals surface area contributed by atoms with Gasteiger partial charge in [-0.15, -0.1) is 0 Å². The monoisotopic (exact) mass is 211 g/mol. The van der Waals surface area contributed by atoms with Gasteiger partial charge in [-0.1, -0.05) is 0 Å². The number of rotatable bonds is 2. The lowest BCUT2D eigenvalue weighted by Gasteiger charge is -2.34. The summed E-state index contributed by atoms with van der Waals surface area (Å²) >= 11 is 0. The highest BCUT2D eigenvalue weighted by Gasteiger charge is 2.30. The molecule has 1 aromatic heterocycles. The summed E-state index contributed by atoms with van der Waals surface area (Å²) in [4.78, 5) is 2.17. The molecule has 0 saturated carbocycles. The van der Waals surface area contributed by atoms with E-state index >= 15 is 0 Å². The Bertz CT molecular complexity index is 332. The van der Waals surface area contributed by atoms with Crippen molar-refractivity contribution < 1.29 is 4.39 Å². The van der Waals surface area contributed by atoms with Crippen LogP contribution in [0, 0.1) is 0 Å². The molecule has 0 radical (unpaired) electrons. The Labute approximate surface area is 89.9 Å². The lowest BCUT2D eigenvalue weighted by atomic mass is 9.97. The fourth-order valence-corrected chi connectivity index (χ4v) is 2.24. The Balaban J connectivity index is 1.95. The van der Waals surface area contributed by atoms with Gasteiger partial charge in [0.15, 0.2) is 0 Å². The first-order valence-corrected chi connectivity index (χ1v) is 5.44. The Morgan fingerprint density at radius 3 is 3.00 bits per heavy atom. The molecule has 0 aromatic carbocycles. The second-order valence-electron chi connectivity index (χ2n) is 4.75. The van der Waals surface area contributed by atoms with Crippen LogP contribution in [0.3, 0.4) is 0 Å². The van der Waals surface area contributed by atoms with Gasteiger partial charge < -0.3 is 0 Å². The molecule has 1 saturated heterocycles. The smallest absolute Gasteiger partial charge is 0.120 e. The van der Waals surface area contributed by atoms with Crippen molar-refractivity contribution in [3.8, 4) is 0 Å². The maximum absolute atomic E-state index is 13.8. The minimum Gasteiger partial charge on any atom is -0.296 e. The summed E-state index contributed by atoms with van der Waals surface area (Å²) in [6.07, 6.45) is 5.48. The summed E-state index contributed by atoms with van der Waals surface area (Å²) in [5.74, 6) is 0. The van der Waals surface area contributed by atoms with Gasteiger partial charge in [0.05, 0.1) is 6.20 Å². The Morgan fingerprint density at radius 1 is 1.60 bits per heavy atom. The van der Waals surface area contributed by atoms with E-state index in [1.807, 2.05) is 19.4 Å². The van der Waals surface area contributed by atoms with E-state index in [4.69, 9.17) is 0 Å². The largest absolute Gasteiger partial charge is 0.296 e. The molecule has 0 spiro atoms. The molecule has 0 unspecified atom stereocenters. The molecule has 3 nitrogen and oxygen atoms in total. The van der Waals surface area contributed by atoms with Crippen molar-refractivity contribution in [1.82, 2.24) is 14.7 Å². The lowest BCUT2D eigenvalue weighted by Crippen LogP contribution is -2.42. The van der Waals surface area contributed by atoms with E-state index in [2.05, 4.69) is 10.00 Å². The molecule has 0 N–H and O–H groups in total. The zero-order valence-corrected chi connectivity index (χ0v) is 9.41. The van der Waals surface area contributed by atoms with Crippen LogP contribution < -0.4 is 0 Å². The lowest BCUT2D eigenvalue weighted by molar-refractivity contribution is 0.0563. The number of aryl methyl sites for hydroxylation is 1. The Hall–Kier alpha value is -0.900. The van der Waals surface area contributed by atoms with Crippen LogP contribution in [0.15, 0.2) is 12.4 Å². The van der Waals surface area contributed by atoms with Crippen molar-refractivity contribution in [1.29, 1.82) is 0 Å². The molecule has 1 aromatic rings. The molecule has 1 aliphatic rings. The third-order valence-electron chi connectivity index (χ3n) is 2.89. The predicted octanol–water partition coefficient (Wildman–Crippen LogP) is 1.74. The van der Waals surface area contributed by atoms with Gasteiger partial charge in [0.25, 0.3) is 0 Å². The van der Waals surface area contributed by atoms with Crippen molar-refractivity contribution in [2.45, 2.75) is 32.0 Å². The predicted molar refractivity (Wildman–Crippen MR) is 57.2 cm³/mol. The highest BCUT2D eigenvalue weighted by Crippen LogP contribution is 2.25. The fourth-order valence-electron chi connectivity index (χ4n) is 2.24. The van der Waals surface area contributed by atoms with E-state index < -0.39 is 5.67 Å². The molecule has 84 valence electrons. The number of hydrogen-bond acceptors (Lipinski definition) is 2. The first-order chi connectivity index (χ1) is 7.05. The molecule has 4 heteroatoms. The van der Waals surface area contributed by atoms with Gasteiger partial charge in [-0.25, -0.2) is 4.39 Å². The summed E-state index contributed by atoms with van der Waals surface area (Å²) in [6.45, 7) is 4.05. The zero-order chi connectivity index (χ0) is 10.9. The van der Waals surface area contributed by atoms with E-state index in [-0.39, 0.29) is 0 Å². The Kier molecular flexibility index (Phi) is 2.78. The molecule has 2 rings (SSSR count). The van der Waals surface area contributed by atoms with Gasteiger partial charge in [0.1, 0.15) is 5.67 Å². The van der Waals surface area contributed by atoms with E-state index in [1.54, 1.807) is 11.6 Å². The molecular formula is C11H18FN3. The molecule has 15 heavy (non-hydrogen) atoms. The average Bonchev–Trinajstić information content (AvgIpc) is 2.49. The molecule has 2 heterocycles. The van der Waals surface area contributed by atoms with Gasteiger partial charge in [0, 0.05) is 31.9 Å². The second-order valence-corrected chi connectivity index (χ2v) is 4.75. The number of alkyl halides is 1. The van der Waals surface area contributed by atoms with Crippen molar-refractivity contribution in [2.75, 3.05) is 13.1 Å². The molecule has 1 aliphatic heterocycles. The van der Waals surface area contributed by atoms with Crippen molar-refractivity contribution >= 4 is 0 Å². The minimum atomic E-state index is -1.01. The third kappa shape index (κ3) is 2.78. The summed E-state index contributed by atoms with van der Waals surface area (Å²) in [5, 5.41) is 4.11. The number of likely N-dealkylation sites (tertiary alicyclic amines) is 1. The topological polar surface area (TPSA) is 21.1 Å². The number of piperidine rings is 1. The Morgan fingerprint density at radius 2 is 2.40 bits per heavy atom. The van der Waals surface area contributed by atoms with Gasteiger partial charge in [0.2, 0.25) is 0 Å². The van der Waals surface area contributed by atoms with Crippen molar-refractivity contribution in [2.24, 2.45) is 7.05 Å². The second kappa shape index (κ2) is 3.93. The molecule has 1 fully saturated rings. The summed E-state index contributed by atoms with van der Waals surface area (Å²) in [7, 11) is 1.90. The molecule has 0 amide bonds. The van der Waals surface area contributed by atoms with Crippen LogP contribution in [0.5, 0.6) is 0 Å². The molecule has 0 bridgehead atoms. The first kappa shape index (κ1) is 10.6. The van der Waals surface area contributed by atoms with Gasteiger partial charge in [-0.05, 0) is 26.3 Å². The van der Waals surface area contributed by atoms with Crippen LogP contribution in [0.2, 0.25) is 0 Å². The highest BCUT2D eigenvalue weighted by atomic mass is 19.1. The first-order valence-electron chi connectivity index (χ1n) is 5.44. The van der Waals surface area contributed by atoms with Gasteiger partial charge in [-0.3, -0.25) is 9.58 Å². The number of nitrogens with zero attached hydrogens (tertiary/aromatic N) is 3. The zero-order valence-electron chi connectivity index (χ0n) is 9.41. The average molecular weight is 211 g/mol. The summed E-state index contributed by atoms with van der Waals surface area (Å²) in [5.41, 5.74) is 0.149. The van der Waals surface area contributed by atoms with Crippen LogP contribution in [-0.4, -0.2) is 33.4 Å². The quantitative estimate of drug-likeness (QED) is 0.743. The van der Waals surface area contributed by atoms with Crippen molar-refractivity contribution in [3.05, 3.63) is 18.0 Å². The number of hydrogen-bond donors (Lipinski definition) is 0. The number of aromatic nitrogens is 2. The standard InChI is InChI=1S/C11H18FN3/c1-11(12)4-3-5-15(9-11)8-10-6-13-14(2)7-10/h6-7H,3-5,8-9H2,1-2H3/t11-/m1/s1.